The van der Waals surface area contributed by atoms with Crippen molar-refractivity contribution in [3.63, 3.8) is 0 Å². The summed E-state index contributed by atoms with van der Waals surface area (Å²) in [7, 11) is 1.58. The lowest BCUT2D eigenvalue weighted by Crippen LogP contribution is -2.11. The second kappa shape index (κ2) is 7.46. The monoisotopic (exact) mass is 264 g/mol. The minimum absolute atomic E-state index is 0.0950. The molecule has 0 amide bonds. The van der Waals surface area contributed by atoms with Gasteiger partial charge in [0.2, 0.25) is 0 Å². The van der Waals surface area contributed by atoms with E-state index >= 15 is 0 Å². The van der Waals surface area contributed by atoms with Gasteiger partial charge in [0, 0.05) is 6.08 Å². The Balaban J connectivity index is 2.92. The summed E-state index contributed by atoms with van der Waals surface area (Å²) in [5, 5.41) is 8.62. The highest BCUT2D eigenvalue weighted by atomic mass is 16.5. The van der Waals surface area contributed by atoms with E-state index in [1.54, 1.807) is 25.3 Å². The maximum atomic E-state index is 10.5. The maximum absolute atomic E-state index is 10.5. The molecule has 0 aromatic heterocycles. The molecule has 0 heterocycles. The van der Waals surface area contributed by atoms with Crippen LogP contribution < -0.4 is 9.47 Å². The fourth-order valence-corrected chi connectivity index (χ4v) is 1.74. The molecule has 0 spiro atoms. The van der Waals surface area contributed by atoms with E-state index in [-0.39, 0.29) is 6.10 Å². The second-order valence-corrected chi connectivity index (χ2v) is 4.30. The number of carboxylic acid groups (broad SMARTS) is 1. The van der Waals surface area contributed by atoms with E-state index in [4.69, 9.17) is 14.6 Å². The van der Waals surface area contributed by atoms with Gasteiger partial charge >= 0.3 is 5.97 Å². The Labute approximate surface area is 113 Å². The summed E-state index contributed by atoms with van der Waals surface area (Å²) in [6, 6.07) is 5.34. The second-order valence-electron chi connectivity index (χ2n) is 4.30. The Morgan fingerprint density at radius 2 is 2.16 bits per heavy atom. The molecule has 0 aliphatic heterocycles. The highest BCUT2D eigenvalue weighted by Gasteiger charge is 2.09. The Bertz CT molecular complexity index is 451. The molecule has 0 radical (unpaired) electrons. The summed E-state index contributed by atoms with van der Waals surface area (Å²) in [5.74, 6) is 0.309. The molecular weight excluding hydrogens is 244 g/mol. The molecule has 0 fully saturated rings. The number of hydrogen-bond donors (Lipinski definition) is 1. The predicted molar refractivity (Wildman–Crippen MR) is 74.7 cm³/mol. The molecule has 0 aliphatic rings. The third-order valence-electron chi connectivity index (χ3n) is 2.63. The van der Waals surface area contributed by atoms with Crippen LogP contribution in [-0.2, 0) is 4.79 Å². The molecule has 0 saturated carbocycles. The molecule has 4 nitrogen and oxygen atoms in total. The SMILES string of the molecule is CCCC(C)Oc1cc(/C=C/C(=O)O)ccc1OC. The van der Waals surface area contributed by atoms with Crippen molar-refractivity contribution in [3.8, 4) is 11.5 Å². The van der Waals surface area contributed by atoms with Gasteiger partial charge in [-0.2, -0.15) is 0 Å². The number of methoxy groups -OCH3 is 1. The van der Waals surface area contributed by atoms with Crippen molar-refractivity contribution in [1.82, 2.24) is 0 Å². The van der Waals surface area contributed by atoms with Gasteiger partial charge in [-0.3, -0.25) is 0 Å². The summed E-state index contributed by atoms with van der Waals surface area (Å²) in [6.45, 7) is 4.10. The first-order valence-electron chi connectivity index (χ1n) is 6.32. The standard InChI is InChI=1S/C15H20O4/c1-4-5-11(2)19-14-10-12(7-9-15(16)17)6-8-13(14)18-3/h6-11H,4-5H2,1-3H3,(H,16,17)/b9-7+. The maximum Gasteiger partial charge on any atom is 0.328 e. The van der Waals surface area contributed by atoms with Gasteiger partial charge in [-0.05, 0) is 37.1 Å². The lowest BCUT2D eigenvalue weighted by molar-refractivity contribution is -0.131. The highest BCUT2D eigenvalue weighted by molar-refractivity contribution is 5.85. The lowest BCUT2D eigenvalue weighted by Gasteiger charge is -2.16. The number of rotatable bonds is 7. The Hall–Kier alpha value is -1.97. The number of hydrogen-bond acceptors (Lipinski definition) is 3. The Kier molecular flexibility index (Phi) is 5.93. The first-order chi connectivity index (χ1) is 9.06. The Morgan fingerprint density at radius 3 is 2.74 bits per heavy atom. The van der Waals surface area contributed by atoms with E-state index in [9.17, 15) is 4.79 Å². The molecule has 104 valence electrons. The van der Waals surface area contributed by atoms with Crippen LogP contribution in [0.2, 0.25) is 0 Å². The van der Waals surface area contributed by atoms with Crippen molar-refractivity contribution in [3.05, 3.63) is 29.8 Å². The smallest absolute Gasteiger partial charge is 0.328 e. The molecule has 0 saturated heterocycles. The van der Waals surface area contributed by atoms with Gasteiger partial charge in [0.25, 0.3) is 0 Å². The molecule has 1 unspecified atom stereocenters. The van der Waals surface area contributed by atoms with E-state index < -0.39 is 5.97 Å². The normalized spacial score (nSPS) is 12.4. The van der Waals surface area contributed by atoms with Crippen molar-refractivity contribution in [1.29, 1.82) is 0 Å². The van der Waals surface area contributed by atoms with Crippen LogP contribution in [0.4, 0.5) is 0 Å². The third kappa shape index (κ3) is 5.04. The Morgan fingerprint density at radius 1 is 1.42 bits per heavy atom. The minimum Gasteiger partial charge on any atom is -0.493 e. The number of ether oxygens (including phenoxy) is 2. The van der Waals surface area contributed by atoms with E-state index in [1.807, 2.05) is 6.92 Å². The van der Waals surface area contributed by atoms with Crippen molar-refractivity contribution in [2.45, 2.75) is 32.8 Å². The molecule has 19 heavy (non-hydrogen) atoms. The van der Waals surface area contributed by atoms with E-state index in [0.29, 0.717) is 11.5 Å². The van der Waals surface area contributed by atoms with Crippen LogP contribution in [0.25, 0.3) is 6.08 Å². The van der Waals surface area contributed by atoms with Crippen molar-refractivity contribution in [2.75, 3.05) is 7.11 Å². The molecule has 4 heteroatoms. The fourth-order valence-electron chi connectivity index (χ4n) is 1.74. The average molecular weight is 264 g/mol. The van der Waals surface area contributed by atoms with E-state index in [2.05, 4.69) is 6.92 Å². The lowest BCUT2D eigenvalue weighted by atomic mass is 10.1. The number of benzene rings is 1. The van der Waals surface area contributed by atoms with Crippen LogP contribution >= 0.6 is 0 Å². The van der Waals surface area contributed by atoms with Gasteiger partial charge in [0.05, 0.1) is 13.2 Å². The minimum atomic E-state index is -0.974. The highest BCUT2D eigenvalue weighted by Crippen LogP contribution is 2.30. The topological polar surface area (TPSA) is 55.8 Å². The molecule has 1 atom stereocenters. The van der Waals surface area contributed by atoms with Crippen molar-refractivity contribution in [2.24, 2.45) is 0 Å². The van der Waals surface area contributed by atoms with Crippen molar-refractivity contribution >= 4 is 12.0 Å². The summed E-state index contributed by atoms with van der Waals surface area (Å²) < 4.78 is 11.1. The number of carboxylic acids is 1. The molecule has 0 aliphatic carbocycles. The summed E-state index contributed by atoms with van der Waals surface area (Å²) >= 11 is 0. The van der Waals surface area contributed by atoms with Crippen molar-refractivity contribution < 1.29 is 19.4 Å². The molecule has 1 aromatic rings. The zero-order valence-electron chi connectivity index (χ0n) is 11.6. The quantitative estimate of drug-likeness (QED) is 0.767. The van der Waals surface area contributed by atoms with Crippen LogP contribution in [0.5, 0.6) is 11.5 Å². The van der Waals surface area contributed by atoms with Gasteiger partial charge in [-0.15, -0.1) is 0 Å². The fraction of sp³-hybridized carbons (Fsp3) is 0.400. The van der Waals surface area contributed by atoms with E-state index in [0.717, 1.165) is 24.5 Å². The first-order valence-corrected chi connectivity index (χ1v) is 6.32. The predicted octanol–water partition coefficient (Wildman–Crippen LogP) is 3.36. The van der Waals surface area contributed by atoms with Gasteiger partial charge in [-0.25, -0.2) is 4.79 Å². The zero-order valence-corrected chi connectivity index (χ0v) is 11.6. The summed E-state index contributed by atoms with van der Waals surface area (Å²) in [6.07, 6.45) is 4.72. The number of carbonyl (C=O) groups is 1. The zero-order chi connectivity index (χ0) is 14.3. The van der Waals surface area contributed by atoms with Gasteiger partial charge in [0.1, 0.15) is 0 Å². The van der Waals surface area contributed by atoms with Gasteiger partial charge < -0.3 is 14.6 Å². The average Bonchev–Trinajstić information content (AvgIpc) is 2.36. The summed E-state index contributed by atoms with van der Waals surface area (Å²) in [5.41, 5.74) is 0.766. The largest absolute Gasteiger partial charge is 0.493 e. The van der Waals surface area contributed by atoms with Gasteiger partial charge in [-0.1, -0.05) is 19.4 Å². The van der Waals surface area contributed by atoms with E-state index in [1.165, 1.54) is 6.08 Å². The van der Waals surface area contributed by atoms with Crippen LogP contribution in [0.15, 0.2) is 24.3 Å². The molecule has 1 rings (SSSR count). The molecule has 1 aromatic carbocycles. The molecule has 1 N–H and O–H groups in total. The van der Waals surface area contributed by atoms with Crippen LogP contribution in [-0.4, -0.2) is 24.3 Å². The van der Waals surface area contributed by atoms with Crippen LogP contribution in [0.3, 0.4) is 0 Å². The molecule has 0 bridgehead atoms. The van der Waals surface area contributed by atoms with Crippen LogP contribution in [0, 0.1) is 0 Å². The first kappa shape index (κ1) is 15.1. The summed E-state index contributed by atoms with van der Waals surface area (Å²) in [4.78, 5) is 10.5. The number of aliphatic carboxylic acids is 1. The third-order valence-corrected chi connectivity index (χ3v) is 2.63. The molecular formula is C15H20O4. The van der Waals surface area contributed by atoms with Crippen LogP contribution in [0.1, 0.15) is 32.3 Å². The van der Waals surface area contributed by atoms with Gasteiger partial charge in [0.15, 0.2) is 11.5 Å².